The van der Waals surface area contributed by atoms with Crippen LogP contribution in [0.25, 0.3) is 0 Å². The number of nitrogens with zero attached hydrogens (tertiary/aromatic N) is 2. The maximum atomic E-state index is 12.1. The summed E-state index contributed by atoms with van der Waals surface area (Å²) in [5, 5.41) is 11.8. The van der Waals surface area contributed by atoms with Crippen molar-refractivity contribution in [1.29, 1.82) is 0 Å². The summed E-state index contributed by atoms with van der Waals surface area (Å²) in [6.45, 7) is 5.26. The quantitative estimate of drug-likeness (QED) is 0.796. The Morgan fingerprint density at radius 2 is 1.85 bits per heavy atom. The van der Waals surface area contributed by atoms with Gasteiger partial charge in [0.2, 0.25) is 0 Å². The van der Waals surface area contributed by atoms with Crippen molar-refractivity contribution >= 4 is 12.0 Å². The predicted molar refractivity (Wildman–Crippen MR) is 77.7 cm³/mol. The molecule has 0 aromatic heterocycles. The van der Waals surface area contributed by atoms with E-state index in [0.29, 0.717) is 25.6 Å². The highest BCUT2D eigenvalue weighted by molar-refractivity contribution is 5.82. The number of hydrogen-bond donors (Lipinski definition) is 2. The van der Waals surface area contributed by atoms with Gasteiger partial charge in [0.25, 0.3) is 0 Å². The number of hydrogen-bond acceptors (Lipinski definition) is 3. The Balaban J connectivity index is 2.48. The molecule has 0 aliphatic carbocycles. The summed E-state index contributed by atoms with van der Waals surface area (Å²) in [5.41, 5.74) is 0. The van der Waals surface area contributed by atoms with E-state index in [2.05, 4.69) is 10.2 Å². The number of aliphatic carboxylic acids is 1. The fourth-order valence-electron chi connectivity index (χ4n) is 2.52. The molecule has 0 bridgehead atoms. The lowest BCUT2D eigenvalue weighted by Crippen LogP contribution is -2.52. The second kappa shape index (κ2) is 7.47. The van der Waals surface area contributed by atoms with Crippen molar-refractivity contribution in [3.05, 3.63) is 0 Å². The standard InChI is InChI=1S/C14H27N3O3/c1-10(2)9-12(13(18)19)15-14(20)17-7-5-11(6-8-17)16(3)4/h10-12H,5-9H2,1-4H3,(H,15,20)(H,18,19). The van der Waals surface area contributed by atoms with Gasteiger partial charge < -0.3 is 20.2 Å². The van der Waals surface area contributed by atoms with Gasteiger partial charge in [-0.25, -0.2) is 9.59 Å². The molecule has 1 saturated heterocycles. The fraction of sp³-hybridized carbons (Fsp3) is 0.857. The molecule has 1 aliphatic rings. The lowest BCUT2D eigenvalue weighted by molar-refractivity contribution is -0.139. The molecule has 2 amide bonds. The van der Waals surface area contributed by atoms with E-state index < -0.39 is 12.0 Å². The van der Waals surface area contributed by atoms with Gasteiger partial charge in [-0.15, -0.1) is 0 Å². The van der Waals surface area contributed by atoms with E-state index >= 15 is 0 Å². The van der Waals surface area contributed by atoms with E-state index in [1.807, 2.05) is 27.9 Å². The van der Waals surface area contributed by atoms with Gasteiger partial charge in [-0.05, 0) is 39.3 Å². The van der Waals surface area contributed by atoms with E-state index in [1.54, 1.807) is 4.90 Å². The number of carboxylic acid groups (broad SMARTS) is 1. The lowest BCUT2D eigenvalue weighted by Gasteiger charge is -2.35. The van der Waals surface area contributed by atoms with Gasteiger partial charge in [-0.3, -0.25) is 0 Å². The van der Waals surface area contributed by atoms with Crippen LogP contribution in [0.15, 0.2) is 0 Å². The third-order valence-electron chi connectivity index (χ3n) is 3.78. The first-order chi connectivity index (χ1) is 9.31. The van der Waals surface area contributed by atoms with Crippen LogP contribution in [-0.2, 0) is 4.79 Å². The van der Waals surface area contributed by atoms with Crippen LogP contribution < -0.4 is 5.32 Å². The molecule has 0 radical (unpaired) electrons. The molecule has 116 valence electrons. The van der Waals surface area contributed by atoms with Crippen molar-refractivity contribution in [2.24, 2.45) is 5.92 Å². The minimum atomic E-state index is -0.963. The van der Waals surface area contributed by atoms with Crippen LogP contribution in [0.4, 0.5) is 4.79 Å². The van der Waals surface area contributed by atoms with Crippen molar-refractivity contribution in [2.45, 2.75) is 45.2 Å². The average molecular weight is 285 g/mol. The molecule has 0 spiro atoms. The fourth-order valence-corrected chi connectivity index (χ4v) is 2.52. The van der Waals surface area contributed by atoms with Gasteiger partial charge in [0.1, 0.15) is 6.04 Å². The molecular weight excluding hydrogens is 258 g/mol. The second-order valence-corrected chi connectivity index (χ2v) is 6.15. The Labute approximate surface area is 121 Å². The van der Waals surface area contributed by atoms with Crippen LogP contribution in [0, 0.1) is 5.92 Å². The number of urea groups is 1. The molecule has 6 heteroatoms. The van der Waals surface area contributed by atoms with Crippen molar-refractivity contribution in [1.82, 2.24) is 15.1 Å². The summed E-state index contributed by atoms with van der Waals surface area (Å²) < 4.78 is 0. The van der Waals surface area contributed by atoms with Gasteiger partial charge in [-0.2, -0.15) is 0 Å². The summed E-state index contributed by atoms with van der Waals surface area (Å²) in [5.74, 6) is -0.730. The van der Waals surface area contributed by atoms with E-state index in [9.17, 15) is 9.59 Å². The maximum Gasteiger partial charge on any atom is 0.326 e. The Hall–Kier alpha value is -1.30. The number of piperidine rings is 1. The minimum absolute atomic E-state index is 0.232. The Kier molecular flexibility index (Phi) is 6.26. The lowest BCUT2D eigenvalue weighted by atomic mass is 10.0. The number of nitrogens with one attached hydrogen (secondary N) is 1. The Morgan fingerprint density at radius 1 is 1.30 bits per heavy atom. The number of amides is 2. The molecule has 1 aliphatic heterocycles. The van der Waals surface area contributed by atoms with E-state index in [-0.39, 0.29) is 11.9 Å². The van der Waals surface area contributed by atoms with Crippen molar-refractivity contribution in [2.75, 3.05) is 27.2 Å². The van der Waals surface area contributed by atoms with Gasteiger partial charge in [0.05, 0.1) is 0 Å². The van der Waals surface area contributed by atoms with Crippen molar-refractivity contribution in [3.8, 4) is 0 Å². The van der Waals surface area contributed by atoms with E-state index in [0.717, 1.165) is 12.8 Å². The molecule has 0 aromatic rings. The summed E-state index contributed by atoms with van der Waals surface area (Å²) in [6, 6.07) is -0.547. The molecule has 0 saturated carbocycles. The summed E-state index contributed by atoms with van der Waals surface area (Å²) in [6.07, 6.45) is 2.32. The number of likely N-dealkylation sites (tertiary alicyclic amines) is 1. The largest absolute Gasteiger partial charge is 0.480 e. The second-order valence-electron chi connectivity index (χ2n) is 6.15. The molecule has 2 N–H and O–H groups in total. The molecule has 1 fully saturated rings. The van der Waals surface area contributed by atoms with Crippen molar-refractivity contribution < 1.29 is 14.7 Å². The van der Waals surface area contributed by atoms with Gasteiger partial charge >= 0.3 is 12.0 Å². The van der Waals surface area contributed by atoms with E-state index in [4.69, 9.17) is 5.11 Å². The third-order valence-corrected chi connectivity index (χ3v) is 3.78. The van der Waals surface area contributed by atoms with Gasteiger partial charge in [0.15, 0.2) is 0 Å². The van der Waals surface area contributed by atoms with E-state index in [1.165, 1.54) is 0 Å². The first-order valence-corrected chi connectivity index (χ1v) is 7.26. The zero-order chi connectivity index (χ0) is 15.3. The number of carbonyl (C=O) groups excluding carboxylic acids is 1. The average Bonchev–Trinajstić information content (AvgIpc) is 2.37. The van der Waals surface area contributed by atoms with Crippen LogP contribution in [-0.4, -0.2) is 66.2 Å². The van der Waals surface area contributed by atoms with Crippen LogP contribution >= 0.6 is 0 Å². The van der Waals surface area contributed by atoms with Crippen LogP contribution in [0.2, 0.25) is 0 Å². The Morgan fingerprint density at radius 3 is 2.25 bits per heavy atom. The summed E-state index contributed by atoms with van der Waals surface area (Å²) in [7, 11) is 4.09. The maximum absolute atomic E-state index is 12.1. The summed E-state index contributed by atoms with van der Waals surface area (Å²) >= 11 is 0. The molecule has 1 heterocycles. The number of rotatable bonds is 5. The van der Waals surface area contributed by atoms with Crippen LogP contribution in [0.3, 0.4) is 0 Å². The van der Waals surface area contributed by atoms with Crippen LogP contribution in [0.5, 0.6) is 0 Å². The molecule has 6 nitrogen and oxygen atoms in total. The SMILES string of the molecule is CC(C)CC(NC(=O)N1CCC(N(C)C)CC1)C(=O)O. The molecule has 0 aromatic carbocycles. The molecule has 1 unspecified atom stereocenters. The monoisotopic (exact) mass is 285 g/mol. The summed E-state index contributed by atoms with van der Waals surface area (Å²) in [4.78, 5) is 27.2. The molecule has 20 heavy (non-hydrogen) atoms. The highest BCUT2D eigenvalue weighted by Crippen LogP contribution is 2.14. The normalized spacial score (nSPS) is 18.4. The molecule has 1 atom stereocenters. The first kappa shape index (κ1) is 16.8. The number of carbonyl (C=O) groups is 2. The highest BCUT2D eigenvalue weighted by Gasteiger charge is 2.27. The predicted octanol–water partition coefficient (Wildman–Crippen LogP) is 1.22. The molecular formula is C14H27N3O3. The number of carboxylic acids is 1. The highest BCUT2D eigenvalue weighted by atomic mass is 16.4. The topological polar surface area (TPSA) is 72.9 Å². The molecule has 1 rings (SSSR count). The third kappa shape index (κ3) is 5.00. The minimum Gasteiger partial charge on any atom is -0.480 e. The van der Waals surface area contributed by atoms with Crippen molar-refractivity contribution in [3.63, 3.8) is 0 Å². The first-order valence-electron chi connectivity index (χ1n) is 7.26. The smallest absolute Gasteiger partial charge is 0.326 e. The zero-order valence-corrected chi connectivity index (χ0v) is 12.9. The van der Waals surface area contributed by atoms with Gasteiger partial charge in [-0.1, -0.05) is 13.8 Å². The zero-order valence-electron chi connectivity index (χ0n) is 12.9. The van der Waals surface area contributed by atoms with Crippen LogP contribution in [0.1, 0.15) is 33.1 Å². The van der Waals surface area contributed by atoms with Gasteiger partial charge in [0, 0.05) is 19.1 Å². The Bertz CT molecular complexity index is 337.